The molecule has 1 N–H and O–H groups in total. The third-order valence-electron chi connectivity index (χ3n) is 3.51. The lowest BCUT2D eigenvalue weighted by Gasteiger charge is -2.12. The Kier molecular flexibility index (Phi) is 5.30. The van der Waals surface area contributed by atoms with Gasteiger partial charge in [-0.05, 0) is 15.9 Å². The number of benzene rings is 2. The summed E-state index contributed by atoms with van der Waals surface area (Å²) < 4.78 is 0.538. The number of carboxylic acid groups (broad SMARTS) is 1. The molecule has 1 aromatic heterocycles. The highest BCUT2D eigenvalue weighted by Gasteiger charge is 2.22. The number of hydrogen-bond donors (Lipinski definition) is 1. The van der Waals surface area contributed by atoms with Crippen LogP contribution in [0.25, 0.3) is 0 Å². The molecule has 3 aromatic rings. The van der Waals surface area contributed by atoms with Gasteiger partial charge in [-0.3, -0.25) is 9.98 Å². The molecule has 6 heteroatoms. The van der Waals surface area contributed by atoms with Crippen LogP contribution >= 0.6 is 15.9 Å². The van der Waals surface area contributed by atoms with Crippen LogP contribution in [0.15, 0.2) is 82.7 Å². The second-order valence-electron chi connectivity index (χ2n) is 5.21. The summed E-state index contributed by atoms with van der Waals surface area (Å²) in [7, 11) is 0. The Labute approximate surface area is 153 Å². The fraction of sp³-hybridized carbons (Fsp3) is 0.0526. The second-order valence-corrected chi connectivity index (χ2v) is 6.03. The molecular weight excluding hydrogens is 382 g/mol. The first-order valence-electron chi connectivity index (χ1n) is 7.54. The Morgan fingerprint density at radius 3 is 1.92 bits per heavy atom. The van der Waals surface area contributed by atoms with Crippen molar-refractivity contribution in [3.63, 3.8) is 0 Å². The van der Waals surface area contributed by atoms with Crippen LogP contribution in [0.2, 0.25) is 0 Å². The molecule has 0 saturated heterocycles. The quantitative estimate of drug-likeness (QED) is 0.664. The van der Waals surface area contributed by atoms with Gasteiger partial charge in [-0.25, -0.2) is 9.78 Å². The number of halogens is 1. The molecule has 25 heavy (non-hydrogen) atoms. The molecule has 1 atom stereocenters. The zero-order valence-electron chi connectivity index (χ0n) is 13.1. The number of hydrogen-bond acceptors (Lipinski definition) is 4. The average Bonchev–Trinajstić information content (AvgIpc) is 2.65. The first kappa shape index (κ1) is 17.0. The molecule has 2 aromatic carbocycles. The van der Waals surface area contributed by atoms with Gasteiger partial charge in [-0.15, -0.1) is 0 Å². The monoisotopic (exact) mass is 395 g/mol. The normalized spacial score (nSPS) is 11.6. The van der Waals surface area contributed by atoms with E-state index in [4.69, 9.17) is 0 Å². The van der Waals surface area contributed by atoms with E-state index in [2.05, 4.69) is 30.9 Å². The smallest absolute Gasteiger partial charge is 0.334 e. The van der Waals surface area contributed by atoms with Crippen molar-refractivity contribution in [2.75, 3.05) is 0 Å². The molecule has 0 aliphatic heterocycles. The summed E-state index contributed by atoms with van der Waals surface area (Å²) in [6.45, 7) is 0. The topological polar surface area (TPSA) is 75.4 Å². The number of aliphatic carboxylic acids is 1. The highest BCUT2D eigenvalue weighted by Crippen LogP contribution is 2.20. The minimum atomic E-state index is -1.14. The third kappa shape index (κ3) is 4.16. The molecule has 0 aliphatic rings. The molecule has 5 nitrogen and oxygen atoms in total. The Morgan fingerprint density at radius 2 is 1.48 bits per heavy atom. The maximum atomic E-state index is 11.8. The molecule has 1 unspecified atom stereocenters. The predicted octanol–water partition coefficient (Wildman–Crippen LogP) is 3.90. The SMILES string of the molecule is O=C(O)C(N=C(c1ccccc1)c1ccccc1)c1cnc(Br)cn1. The molecule has 0 amide bonds. The van der Waals surface area contributed by atoms with Crippen LogP contribution in [0.5, 0.6) is 0 Å². The van der Waals surface area contributed by atoms with Crippen LogP contribution in [-0.4, -0.2) is 26.8 Å². The van der Waals surface area contributed by atoms with E-state index >= 15 is 0 Å². The lowest BCUT2D eigenvalue weighted by molar-refractivity contribution is -0.138. The number of rotatable bonds is 5. The highest BCUT2D eigenvalue weighted by atomic mass is 79.9. The number of carbonyl (C=O) groups is 1. The Hall–Kier alpha value is -2.86. The Balaban J connectivity index is 2.12. The van der Waals surface area contributed by atoms with Gasteiger partial charge in [0.1, 0.15) is 4.60 Å². The summed E-state index contributed by atoms with van der Waals surface area (Å²) in [6.07, 6.45) is 2.88. The summed E-state index contributed by atoms with van der Waals surface area (Å²) in [5, 5.41) is 9.65. The largest absolute Gasteiger partial charge is 0.479 e. The summed E-state index contributed by atoms with van der Waals surface area (Å²) in [5.41, 5.74) is 2.55. The van der Waals surface area contributed by atoms with Crippen molar-refractivity contribution < 1.29 is 9.90 Å². The van der Waals surface area contributed by atoms with Gasteiger partial charge in [0, 0.05) is 11.1 Å². The van der Waals surface area contributed by atoms with E-state index in [1.165, 1.54) is 12.4 Å². The van der Waals surface area contributed by atoms with Crippen molar-refractivity contribution in [2.45, 2.75) is 6.04 Å². The first-order chi connectivity index (χ1) is 12.1. The number of aliphatic imine (C=N–C) groups is 1. The van der Waals surface area contributed by atoms with E-state index in [1.807, 2.05) is 60.7 Å². The van der Waals surface area contributed by atoms with Crippen LogP contribution in [0.4, 0.5) is 0 Å². The van der Waals surface area contributed by atoms with Crippen molar-refractivity contribution in [3.8, 4) is 0 Å². The van der Waals surface area contributed by atoms with E-state index in [-0.39, 0.29) is 5.69 Å². The van der Waals surface area contributed by atoms with Crippen LogP contribution < -0.4 is 0 Å². The summed E-state index contributed by atoms with van der Waals surface area (Å²) >= 11 is 3.20. The first-order valence-corrected chi connectivity index (χ1v) is 8.33. The molecule has 0 fully saturated rings. The average molecular weight is 396 g/mol. The minimum Gasteiger partial charge on any atom is -0.479 e. The fourth-order valence-electron chi connectivity index (χ4n) is 2.35. The molecule has 0 saturated carbocycles. The van der Waals surface area contributed by atoms with Crippen LogP contribution in [0.1, 0.15) is 22.9 Å². The van der Waals surface area contributed by atoms with E-state index in [0.29, 0.717) is 10.3 Å². The maximum Gasteiger partial charge on any atom is 0.334 e. The second kappa shape index (κ2) is 7.81. The fourth-order valence-corrected chi connectivity index (χ4v) is 2.55. The number of carboxylic acids is 1. The van der Waals surface area contributed by atoms with Gasteiger partial charge in [0.25, 0.3) is 0 Å². The molecule has 3 rings (SSSR count). The molecule has 1 heterocycles. The van der Waals surface area contributed by atoms with Gasteiger partial charge in [-0.2, -0.15) is 0 Å². The molecule has 124 valence electrons. The highest BCUT2D eigenvalue weighted by molar-refractivity contribution is 9.10. The van der Waals surface area contributed by atoms with E-state index in [1.54, 1.807) is 0 Å². The molecule has 0 bridgehead atoms. The Morgan fingerprint density at radius 1 is 0.920 bits per heavy atom. The van der Waals surface area contributed by atoms with Crippen molar-refractivity contribution in [3.05, 3.63) is 94.5 Å². The van der Waals surface area contributed by atoms with Crippen molar-refractivity contribution in [2.24, 2.45) is 4.99 Å². The summed E-state index contributed by atoms with van der Waals surface area (Å²) in [4.78, 5) is 24.5. The van der Waals surface area contributed by atoms with E-state index in [9.17, 15) is 9.90 Å². The van der Waals surface area contributed by atoms with Gasteiger partial charge in [0.05, 0.1) is 23.8 Å². The Bertz CT molecular complexity index is 840. The van der Waals surface area contributed by atoms with Gasteiger partial charge in [0.2, 0.25) is 0 Å². The van der Waals surface area contributed by atoms with Crippen LogP contribution in [-0.2, 0) is 4.79 Å². The number of aromatic nitrogens is 2. The zero-order chi connectivity index (χ0) is 17.6. The van der Waals surface area contributed by atoms with Gasteiger partial charge < -0.3 is 5.11 Å². The third-order valence-corrected chi connectivity index (χ3v) is 3.92. The number of nitrogens with zero attached hydrogens (tertiary/aromatic N) is 3. The molecule has 0 radical (unpaired) electrons. The molecular formula is C19H14BrN3O2. The van der Waals surface area contributed by atoms with Crippen LogP contribution in [0, 0.1) is 0 Å². The summed E-state index contributed by atoms with van der Waals surface area (Å²) in [6, 6.07) is 17.8. The predicted molar refractivity (Wildman–Crippen MR) is 98.6 cm³/mol. The van der Waals surface area contributed by atoms with Crippen molar-refractivity contribution >= 4 is 27.6 Å². The lowest BCUT2D eigenvalue weighted by Crippen LogP contribution is -2.15. The van der Waals surface area contributed by atoms with E-state index < -0.39 is 12.0 Å². The zero-order valence-corrected chi connectivity index (χ0v) is 14.7. The van der Waals surface area contributed by atoms with Gasteiger partial charge in [-0.1, -0.05) is 60.7 Å². The van der Waals surface area contributed by atoms with Crippen LogP contribution in [0.3, 0.4) is 0 Å². The standard InChI is InChI=1S/C19H14BrN3O2/c20-16-12-21-15(11-22-16)18(19(24)25)23-17(13-7-3-1-4-8-13)14-9-5-2-6-10-14/h1-12,18H,(H,24,25). The van der Waals surface area contributed by atoms with Crippen molar-refractivity contribution in [1.82, 2.24) is 9.97 Å². The van der Waals surface area contributed by atoms with E-state index in [0.717, 1.165) is 11.1 Å². The molecule has 0 spiro atoms. The lowest BCUT2D eigenvalue weighted by atomic mass is 10.0. The van der Waals surface area contributed by atoms with Gasteiger partial charge in [0.15, 0.2) is 6.04 Å². The molecule has 0 aliphatic carbocycles. The summed E-state index contributed by atoms with van der Waals surface area (Å²) in [5.74, 6) is -1.08. The van der Waals surface area contributed by atoms with Gasteiger partial charge >= 0.3 is 5.97 Å². The maximum absolute atomic E-state index is 11.8. The van der Waals surface area contributed by atoms with Crippen molar-refractivity contribution in [1.29, 1.82) is 0 Å². The minimum absolute atomic E-state index is 0.278.